The van der Waals surface area contributed by atoms with Crippen molar-refractivity contribution >= 4 is 10.0 Å². The minimum Gasteiger partial charge on any atom is -0.330 e. The minimum atomic E-state index is -3.43. The van der Waals surface area contributed by atoms with Crippen molar-refractivity contribution in [2.45, 2.75) is 31.8 Å². The van der Waals surface area contributed by atoms with Crippen molar-refractivity contribution in [2.24, 2.45) is 11.7 Å². The Labute approximate surface area is 108 Å². The molecule has 102 valence electrons. The van der Waals surface area contributed by atoms with Crippen LogP contribution in [0.25, 0.3) is 0 Å². The van der Waals surface area contributed by atoms with Crippen LogP contribution in [-0.4, -0.2) is 42.1 Å². The Hall–Kier alpha value is -0.920. The summed E-state index contributed by atoms with van der Waals surface area (Å²) in [6, 6.07) is 1.63. The largest absolute Gasteiger partial charge is 0.330 e. The molecule has 1 aromatic rings. The van der Waals surface area contributed by atoms with Crippen molar-refractivity contribution in [1.29, 1.82) is 0 Å². The third-order valence-electron chi connectivity index (χ3n) is 3.35. The third kappa shape index (κ3) is 2.30. The smallest absolute Gasteiger partial charge is 0.260 e. The lowest BCUT2D eigenvalue weighted by molar-refractivity contribution is 0.447. The van der Waals surface area contributed by atoms with Gasteiger partial charge in [0.25, 0.3) is 10.0 Å². The summed E-state index contributed by atoms with van der Waals surface area (Å²) in [6.07, 6.45) is 0.842. The summed E-state index contributed by atoms with van der Waals surface area (Å²) >= 11 is 0. The molecule has 1 aliphatic heterocycles. The summed E-state index contributed by atoms with van der Waals surface area (Å²) in [5.74, 6) is 0.277. The normalized spacial score (nSPS) is 21.6. The first-order valence-electron chi connectivity index (χ1n) is 6.23. The maximum atomic E-state index is 12.5. The highest BCUT2D eigenvalue weighted by Crippen LogP contribution is 2.24. The van der Waals surface area contributed by atoms with Crippen LogP contribution in [0.5, 0.6) is 0 Å². The molecule has 0 bridgehead atoms. The number of rotatable bonds is 4. The molecule has 1 saturated heterocycles. The second-order valence-electron chi connectivity index (χ2n) is 4.69. The van der Waals surface area contributed by atoms with Crippen LogP contribution in [0.2, 0.25) is 0 Å². The average molecular weight is 272 g/mol. The molecule has 0 aliphatic carbocycles. The van der Waals surface area contributed by atoms with E-state index in [2.05, 4.69) is 5.10 Å². The first-order chi connectivity index (χ1) is 8.48. The van der Waals surface area contributed by atoms with E-state index in [4.69, 9.17) is 5.73 Å². The van der Waals surface area contributed by atoms with Crippen molar-refractivity contribution in [1.82, 2.24) is 14.1 Å². The zero-order valence-electron chi connectivity index (χ0n) is 10.8. The molecule has 18 heavy (non-hydrogen) atoms. The third-order valence-corrected chi connectivity index (χ3v) is 5.22. The molecule has 0 saturated carbocycles. The van der Waals surface area contributed by atoms with E-state index in [1.54, 1.807) is 17.7 Å². The topological polar surface area (TPSA) is 81.2 Å². The van der Waals surface area contributed by atoms with E-state index in [9.17, 15) is 8.42 Å². The molecule has 2 heterocycles. The molecule has 0 unspecified atom stereocenters. The van der Waals surface area contributed by atoms with Crippen molar-refractivity contribution in [3.8, 4) is 0 Å². The quantitative estimate of drug-likeness (QED) is 0.848. The van der Waals surface area contributed by atoms with Crippen molar-refractivity contribution in [3.63, 3.8) is 0 Å². The summed E-state index contributed by atoms with van der Waals surface area (Å²) < 4.78 is 28.1. The number of aromatic nitrogens is 2. The standard InChI is InChI=1S/C11H20N4O2S/c1-3-15-11(6-9(2)13-15)18(16,17)14-5-4-10(7-12)8-14/h6,10H,3-5,7-8,12H2,1-2H3/t10-/m1/s1. The molecule has 7 heteroatoms. The van der Waals surface area contributed by atoms with Crippen LogP contribution in [0.4, 0.5) is 0 Å². The Morgan fingerprint density at radius 2 is 2.28 bits per heavy atom. The SMILES string of the molecule is CCn1nc(C)cc1S(=O)(=O)N1CC[C@H](CN)C1. The van der Waals surface area contributed by atoms with Gasteiger partial charge >= 0.3 is 0 Å². The first-order valence-corrected chi connectivity index (χ1v) is 7.67. The van der Waals surface area contributed by atoms with Gasteiger partial charge in [0.15, 0.2) is 5.03 Å². The fourth-order valence-corrected chi connectivity index (χ4v) is 4.07. The number of aryl methyl sites for hydroxylation is 2. The van der Waals surface area contributed by atoms with E-state index in [-0.39, 0.29) is 5.92 Å². The van der Waals surface area contributed by atoms with E-state index in [1.165, 1.54) is 4.31 Å². The molecule has 0 amide bonds. The maximum absolute atomic E-state index is 12.5. The van der Waals surface area contributed by atoms with Gasteiger partial charge in [-0.2, -0.15) is 9.40 Å². The summed E-state index contributed by atoms with van der Waals surface area (Å²) in [4.78, 5) is 0. The Kier molecular flexibility index (Phi) is 3.74. The summed E-state index contributed by atoms with van der Waals surface area (Å²) in [5, 5.41) is 4.48. The van der Waals surface area contributed by atoms with Crippen molar-refractivity contribution < 1.29 is 8.42 Å². The van der Waals surface area contributed by atoms with Gasteiger partial charge in [0.2, 0.25) is 0 Å². The van der Waals surface area contributed by atoms with E-state index < -0.39 is 10.0 Å². The van der Waals surface area contributed by atoms with Gasteiger partial charge in [-0.1, -0.05) is 0 Å². The number of hydrogen-bond donors (Lipinski definition) is 1. The molecule has 2 rings (SSSR count). The molecule has 1 fully saturated rings. The molecule has 2 N–H and O–H groups in total. The number of nitrogens with zero attached hydrogens (tertiary/aromatic N) is 3. The van der Waals surface area contributed by atoms with Gasteiger partial charge in [-0.05, 0) is 38.8 Å². The predicted octanol–water partition coefficient (Wildman–Crippen LogP) is 0.181. The van der Waals surface area contributed by atoms with Gasteiger partial charge in [-0.3, -0.25) is 4.68 Å². The van der Waals surface area contributed by atoms with Gasteiger partial charge < -0.3 is 5.73 Å². The molecule has 6 nitrogen and oxygen atoms in total. The van der Waals surface area contributed by atoms with Gasteiger partial charge in [-0.25, -0.2) is 8.42 Å². The molecule has 0 aromatic carbocycles. The lowest BCUT2D eigenvalue weighted by atomic mass is 10.1. The highest BCUT2D eigenvalue weighted by atomic mass is 32.2. The lowest BCUT2D eigenvalue weighted by Gasteiger charge is -2.16. The second-order valence-corrected chi connectivity index (χ2v) is 6.58. The van der Waals surface area contributed by atoms with E-state index in [0.29, 0.717) is 31.2 Å². The van der Waals surface area contributed by atoms with Gasteiger partial charge in [-0.15, -0.1) is 0 Å². The lowest BCUT2D eigenvalue weighted by Crippen LogP contribution is -2.31. The van der Waals surface area contributed by atoms with E-state index in [1.807, 2.05) is 6.92 Å². The molecule has 1 atom stereocenters. The monoisotopic (exact) mass is 272 g/mol. The van der Waals surface area contributed by atoms with Crippen LogP contribution >= 0.6 is 0 Å². The van der Waals surface area contributed by atoms with Gasteiger partial charge in [0, 0.05) is 19.6 Å². The zero-order chi connectivity index (χ0) is 13.3. The fourth-order valence-electron chi connectivity index (χ4n) is 2.30. The van der Waals surface area contributed by atoms with Crippen LogP contribution in [0.15, 0.2) is 11.1 Å². The van der Waals surface area contributed by atoms with Crippen LogP contribution in [-0.2, 0) is 16.6 Å². The minimum absolute atomic E-state index is 0.277. The Morgan fingerprint density at radius 1 is 1.56 bits per heavy atom. The van der Waals surface area contributed by atoms with Crippen LogP contribution < -0.4 is 5.73 Å². The van der Waals surface area contributed by atoms with E-state index >= 15 is 0 Å². The molecular weight excluding hydrogens is 252 g/mol. The van der Waals surface area contributed by atoms with Crippen LogP contribution in [0.1, 0.15) is 19.0 Å². The van der Waals surface area contributed by atoms with E-state index in [0.717, 1.165) is 12.1 Å². The Balaban J connectivity index is 2.31. The summed E-state index contributed by atoms with van der Waals surface area (Å²) in [6.45, 7) is 5.86. The molecule has 0 radical (unpaired) electrons. The second kappa shape index (κ2) is 4.99. The van der Waals surface area contributed by atoms with Gasteiger partial charge in [0.05, 0.1) is 5.69 Å². The predicted molar refractivity (Wildman–Crippen MR) is 68.6 cm³/mol. The highest BCUT2D eigenvalue weighted by molar-refractivity contribution is 7.89. The Bertz CT molecular complexity index is 523. The van der Waals surface area contributed by atoms with Crippen molar-refractivity contribution in [2.75, 3.05) is 19.6 Å². The highest BCUT2D eigenvalue weighted by Gasteiger charge is 2.34. The number of nitrogens with two attached hydrogens (primary N) is 1. The first kappa shape index (κ1) is 13.5. The Morgan fingerprint density at radius 3 is 2.83 bits per heavy atom. The van der Waals surface area contributed by atoms with Crippen molar-refractivity contribution in [3.05, 3.63) is 11.8 Å². The van der Waals surface area contributed by atoms with Crippen LogP contribution in [0.3, 0.4) is 0 Å². The fraction of sp³-hybridized carbons (Fsp3) is 0.727. The average Bonchev–Trinajstić information content (AvgIpc) is 2.94. The zero-order valence-corrected chi connectivity index (χ0v) is 11.7. The number of sulfonamides is 1. The molecule has 1 aliphatic rings. The van der Waals surface area contributed by atoms with Crippen LogP contribution in [0, 0.1) is 12.8 Å². The maximum Gasteiger partial charge on any atom is 0.260 e. The number of hydrogen-bond acceptors (Lipinski definition) is 4. The summed E-state index contributed by atoms with van der Waals surface area (Å²) in [5.41, 5.74) is 6.33. The summed E-state index contributed by atoms with van der Waals surface area (Å²) in [7, 11) is -3.43. The molecule has 1 aromatic heterocycles. The van der Waals surface area contributed by atoms with Gasteiger partial charge in [0.1, 0.15) is 0 Å². The molecule has 0 spiro atoms. The molecular formula is C11H20N4O2S.